The number of ether oxygens (including phenoxy) is 1. The number of benzene rings is 2. The SMILES string of the molecule is COC(=O)c1cc(NCc2ccc(Cl)cc2)cc(C)c1N. The summed E-state index contributed by atoms with van der Waals surface area (Å²) >= 11 is 5.85. The molecule has 0 aliphatic carbocycles. The maximum atomic E-state index is 11.7. The highest BCUT2D eigenvalue weighted by Gasteiger charge is 2.13. The fraction of sp³-hybridized carbons (Fsp3) is 0.188. The molecule has 2 rings (SSSR count). The number of carbonyl (C=O) groups is 1. The number of nitrogens with two attached hydrogens (primary N) is 1. The quantitative estimate of drug-likeness (QED) is 0.669. The van der Waals surface area contributed by atoms with Gasteiger partial charge in [-0.05, 0) is 42.3 Å². The molecule has 0 amide bonds. The third-order valence-electron chi connectivity index (χ3n) is 3.20. The van der Waals surface area contributed by atoms with Crippen LogP contribution in [0.1, 0.15) is 21.5 Å². The smallest absolute Gasteiger partial charge is 0.340 e. The summed E-state index contributed by atoms with van der Waals surface area (Å²) in [5.41, 5.74) is 9.46. The molecular weight excluding hydrogens is 288 g/mol. The topological polar surface area (TPSA) is 64.3 Å². The Labute approximate surface area is 128 Å². The molecule has 21 heavy (non-hydrogen) atoms. The minimum absolute atomic E-state index is 0.371. The van der Waals surface area contributed by atoms with Gasteiger partial charge in [0, 0.05) is 22.9 Å². The summed E-state index contributed by atoms with van der Waals surface area (Å²) in [7, 11) is 1.34. The molecule has 0 heterocycles. The molecule has 0 fully saturated rings. The second kappa shape index (κ2) is 6.50. The van der Waals surface area contributed by atoms with Gasteiger partial charge in [0.1, 0.15) is 0 Å². The van der Waals surface area contributed by atoms with Crippen LogP contribution in [-0.2, 0) is 11.3 Å². The number of anilines is 2. The number of aryl methyl sites for hydroxylation is 1. The predicted octanol–water partition coefficient (Wildman–Crippen LogP) is 3.63. The molecule has 0 bridgehead atoms. The van der Waals surface area contributed by atoms with E-state index in [0.717, 1.165) is 16.8 Å². The molecule has 0 spiro atoms. The first-order valence-electron chi connectivity index (χ1n) is 6.48. The number of nitrogen functional groups attached to an aromatic ring is 1. The number of nitrogens with one attached hydrogen (secondary N) is 1. The van der Waals surface area contributed by atoms with Crippen molar-refractivity contribution in [2.24, 2.45) is 0 Å². The van der Waals surface area contributed by atoms with Crippen molar-refractivity contribution in [2.45, 2.75) is 13.5 Å². The summed E-state index contributed by atoms with van der Waals surface area (Å²) in [6.07, 6.45) is 0. The van der Waals surface area contributed by atoms with E-state index < -0.39 is 5.97 Å². The van der Waals surface area contributed by atoms with Gasteiger partial charge in [0.15, 0.2) is 0 Å². The van der Waals surface area contributed by atoms with Gasteiger partial charge in [-0.3, -0.25) is 0 Å². The van der Waals surface area contributed by atoms with E-state index in [-0.39, 0.29) is 0 Å². The molecule has 0 unspecified atom stereocenters. The van der Waals surface area contributed by atoms with Gasteiger partial charge in [-0.1, -0.05) is 23.7 Å². The van der Waals surface area contributed by atoms with Gasteiger partial charge in [-0.15, -0.1) is 0 Å². The number of hydrogen-bond acceptors (Lipinski definition) is 4. The molecular formula is C16H17ClN2O2. The second-order valence-corrected chi connectivity index (χ2v) is 5.16. The average molecular weight is 305 g/mol. The van der Waals surface area contributed by atoms with E-state index in [1.165, 1.54) is 7.11 Å². The molecule has 4 nitrogen and oxygen atoms in total. The van der Waals surface area contributed by atoms with E-state index in [9.17, 15) is 4.79 Å². The van der Waals surface area contributed by atoms with Crippen LogP contribution in [0.2, 0.25) is 5.02 Å². The highest BCUT2D eigenvalue weighted by Crippen LogP contribution is 2.24. The molecule has 0 saturated carbocycles. The number of rotatable bonds is 4. The molecule has 3 N–H and O–H groups in total. The molecule has 0 radical (unpaired) electrons. The first-order valence-corrected chi connectivity index (χ1v) is 6.86. The van der Waals surface area contributed by atoms with Crippen molar-refractivity contribution in [3.05, 3.63) is 58.1 Å². The Hall–Kier alpha value is -2.20. The molecule has 0 aliphatic rings. The van der Waals surface area contributed by atoms with Gasteiger partial charge in [0.05, 0.1) is 12.7 Å². The lowest BCUT2D eigenvalue weighted by Crippen LogP contribution is -2.09. The van der Waals surface area contributed by atoms with E-state index in [2.05, 4.69) is 5.32 Å². The standard InChI is InChI=1S/C16H17ClN2O2/c1-10-7-13(8-14(15(10)18)16(20)21-2)19-9-11-3-5-12(17)6-4-11/h3-8,19H,9,18H2,1-2H3. The Bertz CT molecular complexity index is 654. The summed E-state index contributed by atoms with van der Waals surface area (Å²) in [6, 6.07) is 11.2. The van der Waals surface area contributed by atoms with Gasteiger partial charge in [0.2, 0.25) is 0 Å². The fourth-order valence-corrected chi connectivity index (χ4v) is 2.11. The zero-order chi connectivity index (χ0) is 15.4. The van der Waals surface area contributed by atoms with Crippen LogP contribution in [0.15, 0.2) is 36.4 Å². The Morgan fingerprint density at radius 3 is 2.57 bits per heavy atom. The van der Waals surface area contributed by atoms with Crippen LogP contribution in [0.25, 0.3) is 0 Å². The molecule has 0 aromatic heterocycles. The maximum absolute atomic E-state index is 11.7. The monoisotopic (exact) mass is 304 g/mol. The minimum atomic E-state index is -0.439. The lowest BCUT2D eigenvalue weighted by atomic mass is 10.1. The Morgan fingerprint density at radius 2 is 1.95 bits per heavy atom. The number of methoxy groups -OCH3 is 1. The van der Waals surface area contributed by atoms with Crippen LogP contribution in [0, 0.1) is 6.92 Å². The highest BCUT2D eigenvalue weighted by molar-refractivity contribution is 6.30. The van der Waals surface area contributed by atoms with E-state index in [4.69, 9.17) is 22.1 Å². The molecule has 5 heteroatoms. The molecule has 110 valence electrons. The summed E-state index contributed by atoms with van der Waals surface area (Å²) < 4.78 is 4.74. The summed E-state index contributed by atoms with van der Waals surface area (Å²) in [5, 5.41) is 3.97. The first kappa shape index (κ1) is 15.2. The molecule has 2 aromatic carbocycles. The second-order valence-electron chi connectivity index (χ2n) is 4.73. The van der Waals surface area contributed by atoms with Crippen LogP contribution in [-0.4, -0.2) is 13.1 Å². The van der Waals surface area contributed by atoms with Gasteiger partial charge >= 0.3 is 5.97 Å². The normalized spacial score (nSPS) is 10.2. The Morgan fingerprint density at radius 1 is 1.29 bits per heavy atom. The highest BCUT2D eigenvalue weighted by atomic mass is 35.5. The minimum Gasteiger partial charge on any atom is -0.465 e. The molecule has 2 aromatic rings. The van der Waals surface area contributed by atoms with Crippen LogP contribution in [0.3, 0.4) is 0 Å². The third kappa shape index (κ3) is 3.67. The van der Waals surface area contributed by atoms with E-state index >= 15 is 0 Å². The van der Waals surface area contributed by atoms with Crippen molar-refractivity contribution in [3.63, 3.8) is 0 Å². The number of halogens is 1. The van der Waals surface area contributed by atoms with Crippen molar-refractivity contribution in [1.82, 2.24) is 0 Å². The zero-order valence-electron chi connectivity index (χ0n) is 11.9. The lowest BCUT2D eigenvalue weighted by Gasteiger charge is -2.12. The summed E-state index contributed by atoms with van der Waals surface area (Å²) in [6.45, 7) is 2.48. The first-order chi connectivity index (χ1) is 10.0. The summed E-state index contributed by atoms with van der Waals surface area (Å²) in [4.78, 5) is 11.7. The van der Waals surface area contributed by atoms with Gasteiger partial charge < -0.3 is 15.8 Å². The number of hydrogen-bond donors (Lipinski definition) is 2. The lowest BCUT2D eigenvalue weighted by molar-refractivity contribution is 0.0602. The van der Waals surface area contributed by atoms with Crippen molar-refractivity contribution in [3.8, 4) is 0 Å². The Kier molecular flexibility index (Phi) is 4.70. The van der Waals surface area contributed by atoms with Crippen LogP contribution >= 0.6 is 11.6 Å². The molecule has 0 saturated heterocycles. The van der Waals surface area contributed by atoms with Crippen LogP contribution < -0.4 is 11.1 Å². The Balaban J connectivity index is 2.18. The van der Waals surface area contributed by atoms with E-state index in [0.29, 0.717) is 22.8 Å². The third-order valence-corrected chi connectivity index (χ3v) is 3.45. The fourth-order valence-electron chi connectivity index (χ4n) is 1.99. The largest absolute Gasteiger partial charge is 0.465 e. The van der Waals surface area contributed by atoms with Crippen molar-refractivity contribution in [2.75, 3.05) is 18.2 Å². The van der Waals surface area contributed by atoms with Crippen LogP contribution in [0.5, 0.6) is 0 Å². The predicted molar refractivity (Wildman–Crippen MR) is 85.7 cm³/mol. The molecule has 0 atom stereocenters. The summed E-state index contributed by atoms with van der Waals surface area (Å²) in [5.74, 6) is -0.439. The van der Waals surface area contributed by atoms with Gasteiger partial charge in [-0.25, -0.2) is 4.79 Å². The maximum Gasteiger partial charge on any atom is 0.340 e. The zero-order valence-corrected chi connectivity index (χ0v) is 12.7. The average Bonchev–Trinajstić information content (AvgIpc) is 2.49. The van der Waals surface area contributed by atoms with Gasteiger partial charge in [-0.2, -0.15) is 0 Å². The van der Waals surface area contributed by atoms with Crippen molar-refractivity contribution < 1.29 is 9.53 Å². The number of esters is 1. The van der Waals surface area contributed by atoms with Crippen LogP contribution in [0.4, 0.5) is 11.4 Å². The van der Waals surface area contributed by atoms with E-state index in [1.54, 1.807) is 6.07 Å². The van der Waals surface area contributed by atoms with Gasteiger partial charge in [0.25, 0.3) is 0 Å². The van der Waals surface area contributed by atoms with Crippen molar-refractivity contribution >= 4 is 28.9 Å². The van der Waals surface area contributed by atoms with Crippen molar-refractivity contribution in [1.29, 1.82) is 0 Å². The number of carbonyl (C=O) groups excluding carboxylic acids is 1. The molecule has 0 aliphatic heterocycles. The van der Waals surface area contributed by atoms with E-state index in [1.807, 2.05) is 37.3 Å².